The molecule has 0 saturated heterocycles. The third kappa shape index (κ3) is 1.80. The van der Waals surface area contributed by atoms with Crippen molar-refractivity contribution < 1.29 is 9.90 Å². The summed E-state index contributed by atoms with van der Waals surface area (Å²) in [5.41, 5.74) is 2.18. The highest BCUT2D eigenvalue weighted by molar-refractivity contribution is 9.10. The van der Waals surface area contributed by atoms with Crippen molar-refractivity contribution >= 4 is 27.5 Å². The Bertz CT molecular complexity index is 473. The van der Waals surface area contributed by atoms with Crippen molar-refractivity contribution in [1.29, 1.82) is 0 Å². The lowest BCUT2D eigenvalue weighted by Crippen LogP contribution is -2.19. The van der Waals surface area contributed by atoms with E-state index in [0.29, 0.717) is 0 Å². The lowest BCUT2D eigenvalue weighted by Gasteiger charge is -2.12. The van der Waals surface area contributed by atoms with Crippen LogP contribution in [0.25, 0.3) is 5.57 Å². The van der Waals surface area contributed by atoms with E-state index in [1.54, 1.807) is 0 Å². The first-order valence-corrected chi connectivity index (χ1v) is 5.95. The van der Waals surface area contributed by atoms with Crippen LogP contribution in [0.5, 0.6) is 0 Å². The second-order valence-electron chi connectivity index (χ2n) is 4.40. The molecule has 16 heavy (non-hydrogen) atoms. The SMILES string of the molecule is C=C(C)c1cc(Br)cc(C2(C(=O)O)CC2)c1. The van der Waals surface area contributed by atoms with Gasteiger partial charge in [0.2, 0.25) is 0 Å². The average Bonchev–Trinajstić information content (AvgIpc) is 2.97. The van der Waals surface area contributed by atoms with Gasteiger partial charge in [-0.2, -0.15) is 0 Å². The molecule has 1 aromatic rings. The maximum atomic E-state index is 11.2. The number of aliphatic carboxylic acids is 1. The summed E-state index contributed by atoms with van der Waals surface area (Å²) in [5, 5.41) is 9.24. The van der Waals surface area contributed by atoms with E-state index >= 15 is 0 Å². The Morgan fingerprint density at radius 3 is 2.50 bits per heavy atom. The van der Waals surface area contributed by atoms with Crippen molar-refractivity contribution in [3.63, 3.8) is 0 Å². The Morgan fingerprint density at radius 1 is 1.44 bits per heavy atom. The summed E-state index contributed by atoms with van der Waals surface area (Å²) in [6, 6.07) is 5.80. The van der Waals surface area contributed by atoms with E-state index in [9.17, 15) is 9.90 Å². The summed E-state index contributed by atoms with van der Waals surface area (Å²) in [4.78, 5) is 11.2. The van der Waals surface area contributed by atoms with Crippen molar-refractivity contribution in [2.24, 2.45) is 0 Å². The summed E-state index contributed by atoms with van der Waals surface area (Å²) >= 11 is 3.42. The van der Waals surface area contributed by atoms with Gasteiger partial charge in [0.15, 0.2) is 0 Å². The molecule has 0 aliphatic heterocycles. The number of rotatable bonds is 3. The minimum absolute atomic E-state index is 0.645. The monoisotopic (exact) mass is 280 g/mol. The number of carbonyl (C=O) groups is 1. The predicted molar refractivity (Wildman–Crippen MR) is 67.4 cm³/mol. The molecule has 0 amide bonds. The first-order valence-electron chi connectivity index (χ1n) is 5.16. The molecule has 1 fully saturated rings. The molecule has 0 spiro atoms. The number of benzene rings is 1. The van der Waals surface area contributed by atoms with E-state index in [0.717, 1.165) is 34.0 Å². The third-order valence-electron chi connectivity index (χ3n) is 3.10. The van der Waals surface area contributed by atoms with Gasteiger partial charge >= 0.3 is 5.97 Å². The van der Waals surface area contributed by atoms with Crippen LogP contribution in [0.3, 0.4) is 0 Å². The molecule has 1 aromatic carbocycles. The standard InChI is InChI=1S/C13H13BrO2/c1-8(2)9-5-10(7-11(14)6-9)13(3-4-13)12(15)16/h5-7H,1,3-4H2,2H3,(H,15,16). The normalized spacial score (nSPS) is 16.9. The van der Waals surface area contributed by atoms with Crippen LogP contribution in [0.4, 0.5) is 0 Å². The quantitative estimate of drug-likeness (QED) is 0.919. The fraction of sp³-hybridized carbons (Fsp3) is 0.308. The summed E-state index contributed by atoms with van der Waals surface area (Å²) < 4.78 is 0.913. The van der Waals surface area contributed by atoms with E-state index in [-0.39, 0.29) is 0 Å². The van der Waals surface area contributed by atoms with E-state index in [1.807, 2.05) is 25.1 Å². The van der Waals surface area contributed by atoms with Crippen LogP contribution in [0, 0.1) is 0 Å². The van der Waals surface area contributed by atoms with E-state index in [2.05, 4.69) is 22.5 Å². The lowest BCUT2D eigenvalue weighted by atomic mass is 9.93. The molecule has 1 aliphatic carbocycles. The zero-order chi connectivity index (χ0) is 11.9. The highest BCUT2D eigenvalue weighted by Gasteiger charge is 2.51. The Labute approximate surface area is 103 Å². The molecule has 1 N–H and O–H groups in total. The van der Waals surface area contributed by atoms with E-state index in [1.165, 1.54) is 0 Å². The van der Waals surface area contributed by atoms with Gasteiger partial charge in [0.25, 0.3) is 0 Å². The van der Waals surface area contributed by atoms with Gasteiger partial charge in [-0.1, -0.05) is 34.1 Å². The van der Waals surface area contributed by atoms with Gasteiger partial charge in [-0.15, -0.1) is 0 Å². The molecule has 1 saturated carbocycles. The van der Waals surface area contributed by atoms with Crippen molar-refractivity contribution in [2.45, 2.75) is 25.2 Å². The first-order chi connectivity index (χ1) is 7.45. The van der Waals surface area contributed by atoms with Crippen LogP contribution < -0.4 is 0 Å². The zero-order valence-electron chi connectivity index (χ0n) is 9.09. The fourth-order valence-corrected chi connectivity index (χ4v) is 2.36. The smallest absolute Gasteiger partial charge is 0.314 e. The van der Waals surface area contributed by atoms with Crippen LogP contribution in [0.15, 0.2) is 29.3 Å². The van der Waals surface area contributed by atoms with Crippen molar-refractivity contribution in [2.75, 3.05) is 0 Å². The van der Waals surface area contributed by atoms with Crippen molar-refractivity contribution in [1.82, 2.24) is 0 Å². The van der Waals surface area contributed by atoms with Gasteiger partial charge in [0, 0.05) is 4.47 Å². The summed E-state index contributed by atoms with van der Waals surface area (Å²) in [5.74, 6) is -0.724. The molecule has 0 unspecified atom stereocenters. The molecule has 0 aromatic heterocycles. The molecule has 2 rings (SSSR count). The average molecular weight is 281 g/mol. The maximum Gasteiger partial charge on any atom is 0.314 e. The summed E-state index contributed by atoms with van der Waals surface area (Å²) in [6.07, 6.45) is 1.46. The zero-order valence-corrected chi connectivity index (χ0v) is 10.7. The minimum atomic E-state index is -0.724. The molecule has 84 valence electrons. The lowest BCUT2D eigenvalue weighted by molar-refractivity contribution is -0.140. The molecule has 0 heterocycles. The highest BCUT2D eigenvalue weighted by Crippen LogP contribution is 2.49. The van der Waals surface area contributed by atoms with Gasteiger partial charge in [-0.3, -0.25) is 4.79 Å². The van der Waals surface area contributed by atoms with Crippen LogP contribution in [0.1, 0.15) is 30.9 Å². The van der Waals surface area contributed by atoms with Gasteiger partial charge in [-0.25, -0.2) is 0 Å². The van der Waals surface area contributed by atoms with Crippen molar-refractivity contribution in [3.05, 3.63) is 40.4 Å². The van der Waals surface area contributed by atoms with Crippen LogP contribution in [-0.4, -0.2) is 11.1 Å². The molecule has 0 bridgehead atoms. The second-order valence-corrected chi connectivity index (χ2v) is 5.31. The topological polar surface area (TPSA) is 37.3 Å². The largest absolute Gasteiger partial charge is 0.481 e. The third-order valence-corrected chi connectivity index (χ3v) is 3.56. The molecule has 0 radical (unpaired) electrons. The predicted octanol–water partition coefficient (Wildman–Crippen LogP) is 3.60. The fourth-order valence-electron chi connectivity index (χ4n) is 1.86. The highest BCUT2D eigenvalue weighted by atomic mass is 79.9. The van der Waals surface area contributed by atoms with Gasteiger partial charge in [0.1, 0.15) is 0 Å². The number of allylic oxidation sites excluding steroid dienone is 1. The summed E-state index contributed by atoms with van der Waals surface area (Å²) in [7, 11) is 0. The van der Waals surface area contributed by atoms with Gasteiger partial charge in [-0.05, 0) is 43.0 Å². The van der Waals surface area contributed by atoms with Crippen molar-refractivity contribution in [3.8, 4) is 0 Å². The molecule has 0 atom stereocenters. The van der Waals surface area contributed by atoms with E-state index in [4.69, 9.17) is 0 Å². The van der Waals surface area contributed by atoms with Crippen LogP contribution >= 0.6 is 15.9 Å². The molecular formula is C13H13BrO2. The van der Waals surface area contributed by atoms with Gasteiger partial charge in [0.05, 0.1) is 5.41 Å². The molecule has 1 aliphatic rings. The minimum Gasteiger partial charge on any atom is -0.481 e. The van der Waals surface area contributed by atoms with Gasteiger partial charge < -0.3 is 5.11 Å². The number of halogens is 1. The second kappa shape index (κ2) is 3.74. The van der Waals surface area contributed by atoms with Crippen LogP contribution in [-0.2, 0) is 10.2 Å². The Balaban J connectivity index is 2.50. The first kappa shape index (κ1) is 11.4. The molecule has 2 nitrogen and oxygen atoms in total. The number of carboxylic acids is 1. The number of hydrogen-bond donors (Lipinski definition) is 1. The summed E-state index contributed by atoms with van der Waals surface area (Å²) in [6.45, 7) is 5.81. The Kier molecular flexibility index (Phi) is 2.66. The Hall–Kier alpha value is -1.09. The van der Waals surface area contributed by atoms with E-state index < -0.39 is 11.4 Å². The number of carboxylic acid groups (broad SMARTS) is 1. The molecular weight excluding hydrogens is 268 g/mol. The molecule has 3 heteroatoms. The Morgan fingerprint density at radius 2 is 2.06 bits per heavy atom. The van der Waals surface area contributed by atoms with Crippen LogP contribution in [0.2, 0.25) is 0 Å². The maximum absolute atomic E-state index is 11.2. The number of hydrogen-bond acceptors (Lipinski definition) is 1.